The minimum atomic E-state index is -0.162. The summed E-state index contributed by atoms with van der Waals surface area (Å²) >= 11 is 0. The molecular weight excluding hydrogens is 223 g/mol. The van der Waals surface area contributed by atoms with E-state index >= 15 is 0 Å². The van der Waals surface area contributed by atoms with Gasteiger partial charge in [0.2, 0.25) is 5.95 Å². The highest BCUT2D eigenvalue weighted by Crippen LogP contribution is 2.39. The molecule has 2 unspecified atom stereocenters. The zero-order valence-electron chi connectivity index (χ0n) is 12.1. The number of nitrogens with zero attached hydrogens (tertiary/aromatic N) is 2. The van der Waals surface area contributed by atoms with Crippen LogP contribution in [0.25, 0.3) is 0 Å². The molecule has 1 fully saturated rings. The average Bonchev–Trinajstić information content (AvgIpc) is 2.67. The van der Waals surface area contributed by atoms with Gasteiger partial charge >= 0.3 is 0 Å². The van der Waals surface area contributed by atoms with Gasteiger partial charge in [-0.05, 0) is 18.7 Å². The predicted molar refractivity (Wildman–Crippen MR) is 77.1 cm³/mol. The first-order valence-corrected chi connectivity index (χ1v) is 7.02. The highest BCUT2D eigenvalue weighted by atomic mass is 15.3. The molecule has 0 bridgehead atoms. The van der Waals surface area contributed by atoms with E-state index in [1.54, 1.807) is 0 Å². The Morgan fingerprint density at radius 3 is 2.67 bits per heavy atom. The topological polar surface area (TPSA) is 53.6 Å². The normalized spacial score (nSPS) is 27.9. The van der Waals surface area contributed by atoms with E-state index in [-0.39, 0.29) is 11.4 Å². The molecule has 1 heterocycles. The zero-order chi connectivity index (χ0) is 13.6. The van der Waals surface area contributed by atoms with Crippen molar-refractivity contribution >= 4 is 13.8 Å². The molecule has 1 aromatic rings. The maximum atomic E-state index is 6.35. The van der Waals surface area contributed by atoms with Gasteiger partial charge < -0.3 is 5.32 Å². The van der Waals surface area contributed by atoms with Gasteiger partial charge in [0.1, 0.15) is 5.82 Å². The van der Waals surface area contributed by atoms with Crippen molar-refractivity contribution in [2.24, 2.45) is 0 Å². The monoisotopic (exact) mass is 248 g/mol. The summed E-state index contributed by atoms with van der Waals surface area (Å²) in [4.78, 5) is 4.27. The van der Waals surface area contributed by atoms with Crippen molar-refractivity contribution in [3.05, 3.63) is 5.82 Å². The molecule has 2 atom stereocenters. The summed E-state index contributed by atoms with van der Waals surface area (Å²) in [6.45, 7) is 8.02. The first-order valence-electron chi connectivity index (χ1n) is 7.02. The van der Waals surface area contributed by atoms with Gasteiger partial charge in [-0.3, -0.25) is 5.10 Å². The van der Waals surface area contributed by atoms with Crippen molar-refractivity contribution in [1.82, 2.24) is 15.2 Å². The Kier molecular flexibility index (Phi) is 5.70. The Morgan fingerprint density at radius 1 is 1.33 bits per heavy atom. The van der Waals surface area contributed by atoms with Crippen LogP contribution in [-0.4, -0.2) is 29.1 Å². The predicted octanol–water partition coefficient (Wildman–Crippen LogP) is 3.23. The zero-order valence-corrected chi connectivity index (χ0v) is 12.1. The molecule has 100 valence electrons. The molecule has 2 radical (unpaired) electrons. The minimum Gasteiger partial charge on any atom is -0.350 e. The van der Waals surface area contributed by atoms with Crippen molar-refractivity contribution in [2.75, 3.05) is 5.32 Å². The molecule has 2 N–H and O–H groups in total. The van der Waals surface area contributed by atoms with Crippen LogP contribution in [0, 0.1) is 6.92 Å². The van der Waals surface area contributed by atoms with Crippen LogP contribution in [-0.2, 0) is 0 Å². The largest absolute Gasteiger partial charge is 0.350 e. The van der Waals surface area contributed by atoms with Crippen molar-refractivity contribution < 1.29 is 0 Å². The number of nitrogens with one attached hydrogen (secondary N) is 2. The van der Waals surface area contributed by atoms with E-state index in [0.29, 0.717) is 5.95 Å². The van der Waals surface area contributed by atoms with E-state index in [4.69, 9.17) is 7.85 Å². The molecule has 1 aliphatic rings. The van der Waals surface area contributed by atoms with Crippen molar-refractivity contribution in [3.8, 4) is 0 Å². The highest BCUT2D eigenvalue weighted by Gasteiger charge is 2.30. The van der Waals surface area contributed by atoms with E-state index in [1.165, 1.54) is 19.3 Å². The summed E-state index contributed by atoms with van der Waals surface area (Å²) in [7, 11) is 6.35. The summed E-state index contributed by atoms with van der Waals surface area (Å²) in [5.74, 6) is 1.50. The van der Waals surface area contributed by atoms with E-state index in [1.807, 2.05) is 20.8 Å². The Balaban J connectivity index is 0.000000771. The third-order valence-electron chi connectivity index (χ3n) is 3.40. The number of rotatable bonds is 2. The van der Waals surface area contributed by atoms with Crippen LogP contribution in [0.2, 0.25) is 5.31 Å². The van der Waals surface area contributed by atoms with Crippen LogP contribution in [0.3, 0.4) is 0 Å². The fraction of sp³-hybridized carbons (Fsp3) is 0.846. The highest BCUT2D eigenvalue weighted by molar-refractivity contribution is 6.15. The average molecular weight is 248 g/mol. The van der Waals surface area contributed by atoms with Gasteiger partial charge in [-0.2, -0.15) is 4.98 Å². The summed E-state index contributed by atoms with van der Waals surface area (Å²) in [6.07, 6.45) is 5.89. The molecule has 4 nitrogen and oxygen atoms in total. The number of anilines is 1. The van der Waals surface area contributed by atoms with Crippen LogP contribution < -0.4 is 5.32 Å². The van der Waals surface area contributed by atoms with Crippen molar-refractivity contribution in [2.45, 2.75) is 71.2 Å². The summed E-state index contributed by atoms with van der Waals surface area (Å²) in [5, 5.41) is 10.1. The van der Waals surface area contributed by atoms with E-state index < -0.39 is 0 Å². The van der Waals surface area contributed by atoms with Gasteiger partial charge in [-0.25, -0.2) is 0 Å². The molecule has 0 spiro atoms. The van der Waals surface area contributed by atoms with Gasteiger partial charge in [-0.15, -0.1) is 5.10 Å². The van der Waals surface area contributed by atoms with Gasteiger partial charge in [0.15, 0.2) is 0 Å². The van der Waals surface area contributed by atoms with Crippen LogP contribution >= 0.6 is 0 Å². The van der Waals surface area contributed by atoms with Crippen molar-refractivity contribution in [3.63, 3.8) is 0 Å². The lowest BCUT2D eigenvalue weighted by Gasteiger charge is -2.33. The van der Waals surface area contributed by atoms with Crippen LogP contribution in [0.4, 0.5) is 5.95 Å². The van der Waals surface area contributed by atoms with Gasteiger partial charge in [0.25, 0.3) is 0 Å². The molecule has 0 aliphatic heterocycles. The second-order valence-corrected chi connectivity index (χ2v) is 5.05. The Labute approximate surface area is 112 Å². The number of hydrogen-bond acceptors (Lipinski definition) is 3. The fourth-order valence-corrected chi connectivity index (χ4v) is 2.34. The molecule has 5 heteroatoms. The first-order chi connectivity index (χ1) is 8.58. The Morgan fingerprint density at radius 2 is 2.06 bits per heavy atom. The molecular formula is C13H25BN4. The summed E-state index contributed by atoms with van der Waals surface area (Å²) in [5.41, 5.74) is 0. The third kappa shape index (κ3) is 4.04. The number of aromatic amines is 1. The van der Waals surface area contributed by atoms with Gasteiger partial charge in [0, 0.05) is 6.04 Å². The Bertz CT molecular complexity index is 349. The van der Waals surface area contributed by atoms with Crippen LogP contribution in [0.15, 0.2) is 0 Å². The standard InChI is InChI=1S/C11H19BN4.C2H6/c1-8-13-10(16-15-8)14-9-6-4-3-5-7-11(9,2)12;1-2/h9H,3-7H2,1-2H3,(H2,13,14,15,16);1-2H3. The second kappa shape index (κ2) is 6.81. The van der Waals surface area contributed by atoms with E-state index in [9.17, 15) is 0 Å². The third-order valence-corrected chi connectivity index (χ3v) is 3.40. The van der Waals surface area contributed by atoms with Gasteiger partial charge in [-0.1, -0.05) is 46.5 Å². The van der Waals surface area contributed by atoms with E-state index in [2.05, 4.69) is 27.4 Å². The molecule has 0 aromatic carbocycles. The summed E-state index contributed by atoms with van der Waals surface area (Å²) < 4.78 is 0. The number of aromatic nitrogens is 3. The lowest BCUT2D eigenvalue weighted by molar-refractivity contribution is 0.478. The fourth-order valence-electron chi connectivity index (χ4n) is 2.34. The molecule has 18 heavy (non-hydrogen) atoms. The maximum absolute atomic E-state index is 6.35. The first kappa shape index (κ1) is 15.1. The Hall–Kier alpha value is -0.995. The quantitative estimate of drug-likeness (QED) is 0.624. The number of aryl methyl sites for hydroxylation is 1. The van der Waals surface area contributed by atoms with Crippen LogP contribution in [0.5, 0.6) is 0 Å². The van der Waals surface area contributed by atoms with E-state index in [0.717, 1.165) is 18.7 Å². The lowest BCUT2D eigenvalue weighted by Crippen LogP contribution is -2.33. The molecule has 2 rings (SSSR count). The maximum Gasteiger partial charge on any atom is 0.242 e. The lowest BCUT2D eigenvalue weighted by atomic mass is 9.62. The smallest absolute Gasteiger partial charge is 0.242 e. The molecule has 1 aromatic heterocycles. The SMILES string of the molecule is CC.[B]C1(C)CCCCCC1Nc1n[nH]c(C)n1. The minimum absolute atomic E-state index is 0.162. The molecule has 1 saturated carbocycles. The molecule has 0 saturated heterocycles. The second-order valence-electron chi connectivity index (χ2n) is 5.05. The summed E-state index contributed by atoms with van der Waals surface area (Å²) in [6, 6.07) is 0.269. The van der Waals surface area contributed by atoms with Gasteiger partial charge in [0.05, 0.1) is 7.85 Å². The van der Waals surface area contributed by atoms with Crippen LogP contribution in [0.1, 0.15) is 58.7 Å². The molecule has 0 amide bonds. The number of H-pyrrole nitrogens is 1. The number of hydrogen-bond donors (Lipinski definition) is 2. The molecule has 1 aliphatic carbocycles. The van der Waals surface area contributed by atoms with Crippen molar-refractivity contribution in [1.29, 1.82) is 0 Å².